The van der Waals surface area contributed by atoms with E-state index in [2.05, 4.69) is 16.0 Å². The zero-order chi connectivity index (χ0) is 21.6. The highest BCUT2D eigenvalue weighted by molar-refractivity contribution is 7.80. The molecule has 1 amide bonds. The van der Waals surface area contributed by atoms with Gasteiger partial charge in [0.1, 0.15) is 11.2 Å². The number of benzene rings is 2. The minimum absolute atomic E-state index is 0.0688. The molecule has 1 saturated carbocycles. The van der Waals surface area contributed by atoms with Crippen molar-refractivity contribution >= 4 is 40.3 Å². The lowest BCUT2D eigenvalue weighted by Crippen LogP contribution is -2.58. The minimum Gasteiger partial charge on any atom is -0.348 e. The van der Waals surface area contributed by atoms with Crippen LogP contribution in [0, 0.1) is 10.1 Å². The third-order valence-electron chi connectivity index (χ3n) is 5.49. The smallest absolute Gasteiger partial charge is 0.292 e. The second-order valence-electron chi connectivity index (χ2n) is 7.46. The first kappa shape index (κ1) is 21.7. The minimum atomic E-state index is -0.854. The summed E-state index contributed by atoms with van der Waals surface area (Å²) in [4.78, 5) is 24.2. The normalized spacial score (nSPS) is 15.1. The second kappa shape index (κ2) is 9.67. The van der Waals surface area contributed by atoms with Gasteiger partial charge < -0.3 is 16.0 Å². The fraction of sp³-hybridized carbons (Fsp3) is 0.364. The van der Waals surface area contributed by atoms with Crippen molar-refractivity contribution in [2.75, 3.05) is 10.6 Å². The molecule has 7 nitrogen and oxygen atoms in total. The number of thiocarbonyl (C=S) groups is 1. The number of nitrogens with one attached hydrogen (secondary N) is 3. The van der Waals surface area contributed by atoms with Crippen molar-refractivity contribution in [1.82, 2.24) is 5.32 Å². The predicted octanol–water partition coefficient (Wildman–Crippen LogP) is 4.79. The van der Waals surface area contributed by atoms with Crippen molar-refractivity contribution < 1.29 is 9.72 Å². The molecule has 0 saturated heterocycles. The Morgan fingerprint density at radius 3 is 2.33 bits per heavy atom. The van der Waals surface area contributed by atoms with Crippen LogP contribution in [-0.2, 0) is 11.2 Å². The summed E-state index contributed by atoms with van der Waals surface area (Å²) in [6, 6.07) is 14.1. The first-order chi connectivity index (χ1) is 14.4. The maximum absolute atomic E-state index is 13.4. The Balaban J connectivity index is 1.79. The van der Waals surface area contributed by atoms with Crippen LogP contribution in [0.1, 0.15) is 44.6 Å². The molecule has 0 heterocycles. The highest BCUT2D eigenvalue weighted by Crippen LogP contribution is 2.31. The number of rotatable bonds is 6. The molecule has 0 aliphatic heterocycles. The lowest BCUT2D eigenvalue weighted by Gasteiger charge is -2.37. The lowest BCUT2D eigenvalue weighted by molar-refractivity contribution is -0.383. The zero-order valence-electron chi connectivity index (χ0n) is 16.9. The van der Waals surface area contributed by atoms with Crippen molar-refractivity contribution in [3.05, 3.63) is 64.2 Å². The van der Waals surface area contributed by atoms with Gasteiger partial charge in [-0.3, -0.25) is 14.9 Å². The first-order valence-electron chi connectivity index (χ1n) is 10.2. The number of carbonyl (C=O) groups excluding carboxylic acids is 1. The van der Waals surface area contributed by atoms with Gasteiger partial charge in [-0.05, 0) is 49.2 Å². The monoisotopic (exact) mass is 426 g/mol. The van der Waals surface area contributed by atoms with Crippen LogP contribution >= 0.6 is 12.2 Å². The Morgan fingerprint density at radius 2 is 1.67 bits per heavy atom. The summed E-state index contributed by atoms with van der Waals surface area (Å²) in [5, 5.41) is 20.6. The molecule has 1 aliphatic rings. The highest BCUT2D eigenvalue weighted by atomic mass is 32.1. The Hall–Kier alpha value is -3.00. The largest absolute Gasteiger partial charge is 0.348 e. The summed E-state index contributed by atoms with van der Waals surface area (Å²) in [6.45, 7) is 2.05. The Morgan fingerprint density at radius 1 is 1.03 bits per heavy atom. The van der Waals surface area contributed by atoms with Gasteiger partial charge in [0.05, 0.1) is 4.92 Å². The van der Waals surface area contributed by atoms with E-state index >= 15 is 0 Å². The van der Waals surface area contributed by atoms with Crippen LogP contribution in [0.2, 0.25) is 0 Å². The Bertz CT molecular complexity index is 941. The lowest BCUT2D eigenvalue weighted by atomic mass is 9.81. The molecule has 30 heavy (non-hydrogen) atoms. The number of hydrogen-bond acceptors (Lipinski definition) is 4. The van der Waals surface area contributed by atoms with E-state index in [1.165, 1.54) is 6.07 Å². The summed E-state index contributed by atoms with van der Waals surface area (Å²) in [5.41, 5.74) is 1.24. The number of aryl methyl sites for hydroxylation is 1. The van der Waals surface area contributed by atoms with Crippen molar-refractivity contribution in [2.45, 2.75) is 51.0 Å². The predicted molar refractivity (Wildman–Crippen MR) is 123 cm³/mol. The third-order valence-corrected chi connectivity index (χ3v) is 5.69. The molecule has 0 atom stereocenters. The number of amides is 1. The maximum atomic E-state index is 13.4. The standard InChI is InChI=1S/C22H26N4O3S/c1-2-16-10-4-5-11-17(16)23-20(27)22(14-8-3-9-15-22)25-21(30)24-18-12-6-7-13-19(18)26(28)29/h4-7,10-13H,2-3,8-9,14-15H2,1H3,(H,23,27)(H2,24,25,30). The van der Waals surface area contributed by atoms with E-state index in [0.717, 1.165) is 36.9 Å². The number of hydrogen-bond donors (Lipinski definition) is 3. The van der Waals surface area contributed by atoms with Crippen LogP contribution in [0.3, 0.4) is 0 Å². The Kier molecular flexibility index (Phi) is 6.99. The van der Waals surface area contributed by atoms with Crippen LogP contribution < -0.4 is 16.0 Å². The Labute approximate surface area is 181 Å². The van der Waals surface area contributed by atoms with Gasteiger partial charge in [-0.15, -0.1) is 0 Å². The molecule has 3 N–H and O–H groups in total. The van der Waals surface area contributed by atoms with E-state index in [0.29, 0.717) is 18.5 Å². The summed E-state index contributed by atoms with van der Waals surface area (Å²) >= 11 is 5.44. The molecular formula is C22H26N4O3S. The molecule has 2 aromatic rings. The van der Waals surface area contributed by atoms with Crippen molar-refractivity contribution in [3.63, 3.8) is 0 Å². The molecule has 0 radical (unpaired) electrons. The average molecular weight is 427 g/mol. The molecule has 8 heteroatoms. The van der Waals surface area contributed by atoms with Crippen LogP contribution in [0.25, 0.3) is 0 Å². The van der Waals surface area contributed by atoms with Crippen LogP contribution in [0.4, 0.5) is 17.1 Å². The number of nitrogens with zero attached hydrogens (tertiary/aromatic N) is 1. The summed E-state index contributed by atoms with van der Waals surface area (Å²) in [5.74, 6) is -0.130. The topological polar surface area (TPSA) is 96.3 Å². The van der Waals surface area contributed by atoms with Gasteiger partial charge >= 0.3 is 0 Å². The summed E-state index contributed by atoms with van der Waals surface area (Å²) in [6.07, 6.45) is 4.98. The van der Waals surface area contributed by atoms with Crippen LogP contribution in [-0.4, -0.2) is 21.5 Å². The van der Waals surface area contributed by atoms with Gasteiger partial charge in [0, 0.05) is 11.8 Å². The van der Waals surface area contributed by atoms with Gasteiger partial charge in [-0.1, -0.05) is 56.5 Å². The molecule has 0 aromatic heterocycles. The average Bonchev–Trinajstić information content (AvgIpc) is 2.75. The van der Waals surface area contributed by atoms with Crippen LogP contribution in [0.5, 0.6) is 0 Å². The van der Waals surface area contributed by atoms with Crippen molar-refractivity contribution in [2.24, 2.45) is 0 Å². The van der Waals surface area contributed by atoms with E-state index < -0.39 is 10.5 Å². The SMILES string of the molecule is CCc1ccccc1NC(=O)C1(NC(=S)Nc2ccccc2[N+](=O)[O-])CCCCC1. The number of anilines is 2. The van der Waals surface area contributed by atoms with E-state index in [-0.39, 0.29) is 16.7 Å². The van der Waals surface area contributed by atoms with E-state index in [4.69, 9.17) is 12.2 Å². The van der Waals surface area contributed by atoms with Gasteiger partial charge in [-0.2, -0.15) is 0 Å². The molecule has 0 spiro atoms. The van der Waals surface area contributed by atoms with Gasteiger partial charge in [0.25, 0.3) is 5.69 Å². The quantitative estimate of drug-likeness (QED) is 0.349. The first-order valence-corrected chi connectivity index (χ1v) is 10.6. The highest BCUT2D eigenvalue weighted by Gasteiger charge is 2.40. The number of para-hydroxylation sites is 3. The van der Waals surface area contributed by atoms with Gasteiger partial charge in [0.15, 0.2) is 5.11 Å². The molecule has 3 rings (SSSR count). The zero-order valence-corrected chi connectivity index (χ0v) is 17.8. The summed E-state index contributed by atoms with van der Waals surface area (Å²) in [7, 11) is 0. The number of nitro benzene ring substituents is 1. The second-order valence-corrected chi connectivity index (χ2v) is 7.87. The van der Waals surface area contributed by atoms with Gasteiger partial charge in [0.2, 0.25) is 5.91 Å². The van der Waals surface area contributed by atoms with E-state index in [9.17, 15) is 14.9 Å². The molecule has 2 aromatic carbocycles. The third kappa shape index (κ3) is 4.94. The molecule has 1 fully saturated rings. The maximum Gasteiger partial charge on any atom is 0.292 e. The van der Waals surface area contributed by atoms with E-state index in [1.54, 1.807) is 18.2 Å². The molecule has 0 unspecified atom stereocenters. The fourth-order valence-corrected chi connectivity index (χ4v) is 4.17. The van der Waals surface area contributed by atoms with E-state index in [1.807, 2.05) is 31.2 Å². The fourth-order valence-electron chi connectivity index (χ4n) is 3.87. The molecule has 0 bridgehead atoms. The van der Waals surface area contributed by atoms with Gasteiger partial charge in [-0.25, -0.2) is 0 Å². The summed E-state index contributed by atoms with van der Waals surface area (Å²) < 4.78 is 0. The van der Waals surface area contributed by atoms with Crippen molar-refractivity contribution in [3.8, 4) is 0 Å². The molecular weight excluding hydrogens is 400 g/mol. The van der Waals surface area contributed by atoms with Crippen molar-refractivity contribution in [1.29, 1.82) is 0 Å². The molecule has 1 aliphatic carbocycles. The number of carbonyl (C=O) groups is 1. The number of nitro groups is 1. The van der Waals surface area contributed by atoms with Crippen LogP contribution in [0.15, 0.2) is 48.5 Å². The molecule has 158 valence electrons.